The van der Waals surface area contributed by atoms with Crippen molar-refractivity contribution in [2.75, 3.05) is 0 Å². The van der Waals surface area contributed by atoms with E-state index < -0.39 is 12.0 Å². The lowest BCUT2D eigenvalue weighted by Crippen LogP contribution is -2.17. The summed E-state index contributed by atoms with van der Waals surface area (Å²) >= 11 is 0. The predicted octanol–water partition coefficient (Wildman–Crippen LogP) is 4.95. The van der Waals surface area contributed by atoms with Gasteiger partial charge in [-0.3, -0.25) is 9.88 Å². The van der Waals surface area contributed by atoms with E-state index in [1.165, 1.54) is 23.5 Å². The van der Waals surface area contributed by atoms with E-state index in [1.807, 2.05) is 12.1 Å². The molecule has 3 heterocycles. The predicted molar refractivity (Wildman–Crippen MR) is 102 cm³/mol. The van der Waals surface area contributed by atoms with Gasteiger partial charge in [-0.15, -0.1) is 0 Å². The fourth-order valence-corrected chi connectivity index (χ4v) is 3.81. The first-order valence-electron chi connectivity index (χ1n) is 9.65. The first kappa shape index (κ1) is 18.2. The average Bonchev–Trinajstić information content (AvgIpc) is 3.47. The lowest BCUT2D eigenvalue weighted by Gasteiger charge is -2.16. The molecule has 0 amide bonds. The molecule has 1 aliphatic carbocycles. The molecule has 2 aliphatic rings. The zero-order valence-electron chi connectivity index (χ0n) is 15.7. The van der Waals surface area contributed by atoms with Gasteiger partial charge >= 0.3 is 6.18 Å². The Morgan fingerprint density at radius 3 is 2.17 bits per heavy atom. The van der Waals surface area contributed by atoms with Crippen LogP contribution in [0.2, 0.25) is 0 Å². The minimum atomic E-state index is -4.54. The van der Waals surface area contributed by atoms with Crippen LogP contribution in [-0.4, -0.2) is 19.9 Å². The monoisotopic (exact) mass is 396 g/mol. The van der Waals surface area contributed by atoms with Crippen molar-refractivity contribution in [2.24, 2.45) is 0 Å². The number of nitrogens with zero attached hydrogens (tertiary/aromatic N) is 4. The Bertz CT molecular complexity index is 1020. The second-order valence-electron chi connectivity index (χ2n) is 7.75. The highest BCUT2D eigenvalue weighted by Gasteiger charge is 2.34. The van der Waals surface area contributed by atoms with E-state index in [1.54, 1.807) is 0 Å². The average molecular weight is 396 g/mol. The zero-order valence-corrected chi connectivity index (χ0v) is 15.7. The molecule has 0 N–H and O–H groups in total. The van der Waals surface area contributed by atoms with E-state index in [4.69, 9.17) is 4.98 Å². The van der Waals surface area contributed by atoms with Gasteiger partial charge in [0, 0.05) is 49.2 Å². The highest BCUT2D eigenvalue weighted by molar-refractivity contribution is 5.62. The molecule has 3 aromatic rings. The highest BCUT2D eigenvalue weighted by Crippen LogP contribution is 2.40. The number of fused-ring (bicyclic) bond motifs is 1. The molecule has 1 saturated carbocycles. The van der Waals surface area contributed by atoms with Crippen molar-refractivity contribution in [1.29, 1.82) is 0 Å². The van der Waals surface area contributed by atoms with Crippen LogP contribution in [0.1, 0.15) is 47.1 Å². The number of alkyl halides is 3. The van der Waals surface area contributed by atoms with Crippen LogP contribution in [0.3, 0.4) is 0 Å². The van der Waals surface area contributed by atoms with Gasteiger partial charge in [0.2, 0.25) is 5.82 Å². The van der Waals surface area contributed by atoms with Gasteiger partial charge in [-0.1, -0.05) is 24.3 Å². The number of benzene rings is 1. The summed E-state index contributed by atoms with van der Waals surface area (Å²) in [6.45, 7) is 2.46. The van der Waals surface area contributed by atoms with E-state index in [9.17, 15) is 13.2 Å². The molecule has 148 valence electrons. The van der Waals surface area contributed by atoms with E-state index in [2.05, 4.69) is 39.1 Å². The summed E-state index contributed by atoms with van der Waals surface area (Å²) in [5.41, 5.74) is 6.01. The van der Waals surface area contributed by atoms with Gasteiger partial charge in [0.25, 0.3) is 0 Å². The molecule has 5 rings (SSSR count). The van der Waals surface area contributed by atoms with Crippen LogP contribution in [0.25, 0.3) is 11.1 Å². The van der Waals surface area contributed by atoms with Crippen LogP contribution < -0.4 is 0 Å². The van der Waals surface area contributed by atoms with Crippen molar-refractivity contribution in [3.8, 4) is 11.1 Å². The zero-order chi connectivity index (χ0) is 20.0. The van der Waals surface area contributed by atoms with Gasteiger partial charge in [-0.05, 0) is 41.7 Å². The van der Waals surface area contributed by atoms with Crippen molar-refractivity contribution in [3.63, 3.8) is 0 Å². The normalized spacial score (nSPS) is 16.8. The molecule has 7 heteroatoms. The third-order valence-corrected chi connectivity index (χ3v) is 5.42. The Morgan fingerprint density at radius 1 is 0.931 bits per heavy atom. The maximum atomic E-state index is 12.8. The lowest BCUT2D eigenvalue weighted by molar-refractivity contribution is -0.144. The van der Waals surface area contributed by atoms with E-state index >= 15 is 0 Å². The maximum Gasteiger partial charge on any atom is 0.451 e. The maximum absolute atomic E-state index is 12.8. The first-order valence-corrected chi connectivity index (χ1v) is 9.65. The second-order valence-corrected chi connectivity index (χ2v) is 7.75. The topological polar surface area (TPSA) is 41.9 Å². The first-order chi connectivity index (χ1) is 14.0. The van der Waals surface area contributed by atoms with Crippen LogP contribution in [-0.2, 0) is 25.8 Å². The van der Waals surface area contributed by atoms with Crippen molar-refractivity contribution in [3.05, 3.63) is 77.1 Å². The van der Waals surface area contributed by atoms with Crippen LogP contribution in [0.5, 0.6) is 0 Å². The number of hydrogen-bond donors (Lipinski definition) is 0. The summed E-state index contributed by atoms with van der Waals surface area (Å²) in [6.07, 6.45) is 0.170. The molecular formula is C22H19F3N4. The molecule has 0 unspecified atom stereocenters. The quantitative estimate of drug-likeness (QED) is 0.626. The molecule has 0 saturated heterocycles. The molecule has 29 heavy (non-hydrogen) atoms. The molecule has 0 radical (unpaired) electrons. The van der Waals surface area contributed by atoms with E-state index in [-0.39, 0.29) is 0 Å². The SMILES string of the molecule is FC(F)(F)c1ncc(-c2cc(CN3Cc4ccccc4C3)nc(C3CC3)c2)cn1. The van der Waals surface area contributed by atoms with E-state index in [0.29, 0.717) is 18.0 Å². The molecular weight excluding hydrogens is 377 g/mol. The Balaban J connectivity index is 1.42. The Hall–Kier alpha value is -2.80. The van der Waals surface area contributed by atoms with Gasteiger partial charge in [0.1, 0.15) is 0 Å². The van der Waals surface area contributed by atoms with Crippen LogP contribution in [0.4, 0.5) is 13.2 Å². The Morgan fingerprint density at radius 2 is 1.59 bits per heavy atom. The van der Waals surface area contributed by atoms with Gasteiger partial charge < -0.3 is 0 Å². The van der Waals surface area contributed by atoms with Gasteiger partial charge in [0.15, 0.2) is 0 Å². The minimum absolute atomic E-state index is 0.444. The number of rotatable bonds is 4. The standard InChI is InChI=1S/C22H19F3N4/c23-22(24,25)21-26-9-18(10-27-21)17-7-19(28-20(8-17)14-5-6-14)13-29-11-15-3-1-2-4-16(15)12-29/h1-4,7-10,14H,5-6,11-13H2. The number of halogens is 3. The third-order valence-electron chi connectivity index (χ3n) is 5.42. The van der Waals surface area contributed by atoms with Gasteiger partial charge in [0.05, 0.1) is 5.69 Å². The van der Waals surface area contributed by atoms with Crippen molar-refractivity contribution in [2.45, 2.75) is 44.6 Å². The minimum Gasteiger partial charge on any atom is -0.289 e. The molecule has 0 bridgehead atoms. The largest absolute Gasteiger partial charge is 0.451 e. The summed E-state index contributed by atoms with van der Waals surface area (Å²) in [5, 5.41) is 0. The summed E-state index contributed by atoms with van der Waals surface area (Å²) < 4.78 is 38.3. The number of hydrogen-bond acceptors (Lipinski definition) is 4. The molecule has 2 aromatic heterocycles. The number of pyridine rings is 1. The summed E-state index contributed by atoms with van der Waals surface area (Å²) in [7, 11) is 0. The third kappa shape index (κ3) is 3.87. The van der Waals surface area contributed by atoms with Crippen molar-refractivity contribution >= 4 is 0 Å². The highest BCUT2D eigenvalue weighted by atomic mass is 19.4. The summed E-state index contributed by atoms with van der Waals surface area (Å²) in [5.74, 6) is -0.674. The Labute approximate surface area is 166 Å². The van der Waals surface area contributed by atoms with Crippen LogP contribution >= 0.6 is 0 Å². The molecule has 0 spiro atoms. The second kappa shape index (κ2) is 6.91. The molecule has 4 nitrogen and oxygen atoms in total. The van der Waals surface area contributed by atoms with Gasteiger partial charge in [-0.2, -0.15) is 13.2 Å². The van der Waals surface area contributed by atoms with E-state index in [0.717, 1.165) is 42.9 Å². The van der Waals surface area contributed by atoms with Crippen molar-refractivity contribution < 1.29 is 13.2 Å². The molecule has 0 atom stereocenters. The Kier molecular flexibility index (Phi) is 4.35. The van der Waals surface area contributed by atoms with Crippen molar-refractivity contribution in [1.82, 2.24) is 19.9 Å². The molecule has 1 aromatic carbocycles. The van der Waals surface area contributed by atoms with Crippen LogP contribution in [0, 0.1) is 0 Å². The fraction of sp³-hybridized carbons (Fsp3) is 0.318. The number of aromatic nitrogens is 3. The molecule has 1 aliphatic heterocycles. The molecule has 1 fully saturated rings. The van der Waals surface area contributed by atoms with Crippen LogP contribution in [0.15, 0.2) is 48.8 Å². The summed E-state index contributed by atoms with van der Waals surface area (Å²) in [4.78, 5) is 14.2. The summed E-state index contributed by atoms with van der Waals surface area (Å²) in [6, 6.07) is 12.3. The fourth-order valence-electron chi connectivity index (χ4n) is 3.81. The lowest BCUT2D eigenvalue weighted by atomic mass is 10.1. The van der Waals surface area contributed by atoms with Gasteiger partial charge in [-0.25, -0.2) is 9.97 Å². The smallest absolute Gasteiger partial charge is 0.289 e.